The van der Waals surface area contributed by atoms with Crippen LogP contribution in [0.25, 0.3) is 11.1 Å². The van der Waals surface area contributed by atoms with E-state index in [-0.39, 0.29) is 11.5 Å². The van der Waals surface area contributed by atoms with Crippen molar-refractivity contribution in [3.8, 4) is 0 Å². The van der Waals surface area contributed by atoms with Gasteiger partial charge in [-0.3, -0.25) is 9.36 Å². The van der Waals surface area contributed by atoms with Crippen molar-refractivity contribution in [3.63, 3.8) is 0 Å². The Morgan fingerprint density at radius 1 is 1.33 bits per heavy atom. The van der Waals surface area contributed by atoms with E-state index in [1.807, 2.05) is 13.0 Å². The Labute approximate surface area is 133 Å². The molecule has 0 bridgehead atoms. The highest BCUT2D eigenvalue weighted by atomic mass is 79.9. The average Bonchev–Trinajstić information content (AvgIpc) is 3.02. The van der Waals surface area contributed by atoms with Crippen LogP contribution in [0.4, 0.5) is 0 Å². The van der Waals surface area contributed by atoms with E-state index in [1.54, 1.807) is 28.8 Å². The molecule has 4 nitrogen and oxygen atoms in total. The minimum Gasteiger partial charge on any atom is -0.408 e. The number of carbonyl (C=O) groups is 1. The maximum Gasteiger partial charge on any atom is 0.419 e. The molecule has 0 spiro atoms. The van der Waals surface area contributed by atoms with E-state index >= 15 is 0 Å². The number of thiophene rings is 1. The van der Waals surface area contributed by atoms with Crippen molar-refractivity contribution in [2.75, 3.05) is 0 Å². The summed E-state index contributed by atoms with van der Waals surface area (Å²) in [6, 6.07) is 8.76. The van der Waals surface area contributed by atoms with Crippen LogP contribution in [0.15, 0.2) is 43.3 Å². The number of carbonyl (C=O) groups excluding carboxylic acids is 1. The van der Waals surface area contributed by atoms with Gasteiger partial charge in [0.1, 0.15) is 0 Å². The van der Waals surface area contributed by atoms with Gasteiger partial charge in [0.2, 0.25) is 5.78 Å². The Bertz CT molecular complexity index is 875. The standard InChI is InChI=1S/C15H12BrNO3S/c1-2-7-17-10-4-3-9(8-11(10)20-15(17)19)14(18)12-5-6-13(16)21-12/h3-6,8H,2,7H2,1H3. The number of hydrogen-bond donors (Lipinski definition) is 0. The Morgan fingerprint density at radius 2 is 2.14 bits per heavy atom. The molecule has 0 aliphatic rings. The first kappa shape index (κ1) is 14.3. The summed E-state index contributed by atoms with van der Waals surface area (Å²) >= 11 is 4.73. The smallest absolute Gasteiger partial charge is 0.408 e. The van der Waals surface area contributed by atoms with Crippen LogP contribution in [0.1, 0.15) is 28.6 Å². The number of halogens is 1. The van der Waals surface area contributed by atoms with Crippen molar-refractivity contribution in [1.29, 1.82) is 0 Å². The number of hydrogen-bond acceptors (Lipinski definition) is 4. The summed E-state index contributed by atoms with van der Waals surface area (Å²) < 4.78 is 7.73. The number of rotatable bonds is 4. The number of aromatic nitrogens is 1. The molecule has 21 heavy (non-hydrogen) atoms. The predicted octanol–water partition coefficient (Wildman–Crippen LogP) is 4.06. The zero-order chi connectivity index (χ0) is 15.0. The lowest BCUT2D eigenvalue weighted by Crippen LogP contribution is -2.13. The van der Waals surface area contributed by atoms with Crippen molar-refractivity contribution in [1.82, 2.24) is 4.57 Å². The molecule has 0 saturated carbocycles. The van der Waals surface area contributed by atoms with E-state index in [2.05, 4.69) is 15.9 Å². The fraction of sp³-hybridized carbons (Fsp3) is 0.200. The molecular weight excluding hydrogens is 354 g/mol. The normalized spacial score (nSPS) is 11.1. The summed E-state index contributed by atoms with van der Waals surface area (Å²) in [4.78, 5) is 24.8. The van der Waals surface area contributed by atoms with E-state index in [1.165, 1.54) is 11.3 Å². The van der Waals surface area contributed by atoms with Gasteiger partial charge in [-0.05, 0) is 52.7 Å². The first-order valence-electron chi connectivity index (χ1n) is 6.53. The van der Waals surface area contributed by atoms with E-state index in [0.717, 1.165) is 15.7 Å². The Hall–Kier alpha value is -1.66. The second kappa shape index (κ2) is 5.61. The van der Waals surface area contributed by atoms with Crippen LogP contribution >= 0.6 is 27.3 Å². The van der Waals surface area contributed by atoms with Crippen LogP contribution in [0.3, 0.4) is 0 Å². The number of oxazole rings is 1. The monoisotopic (exact) mass is 365 g/mol. The lowest BCUT2D eigenvalue weighted by molar-refractivity contribution is 0.104. The van der Waals surface area contributed by atoms with Gasteiger partial charge in [0.05, 0.1) is 14.2 Å². The molecule has 3 aromatic rings. The molecule has 108 valence electrons. The third kappa shape index (κ3) is 2.61. The number of nitrogens with zero attached hydrogens (tertiary/aromatic N) is 1. The van der Waals surface area contributed by atoms with Gasteiger partial charge in [-0.1, -0.05) is 6.92 Å². The van der Waals surface area contributed by atoms with Crippen LogP contribution in [-0.2, 0) is 6.54 Å². The second-order valence-electron chi connectivity index (χ2n) is 4.63. The molecule has 0 atom stereocenters. The third-order valence-corrected chi connectivity index (χ3v) is 4.80. The van der Waals surface area contributed by atoms with Crippen molar-refractivity contribution in [2.24, 2.45) is 0 Å². The lowest BCUT2D eigenvalue weighted by Gasteiger charge is -2.00. The van der Waals surface area contributed by atoms with E-state index in [4.69, 9.17) is 4.42 Å². The van der Waals surface area contributed by atoms with Gasteiger partial charge in [0.25, 0.3) is 0 Å². The first-order chi connectivity index (χ1) is 10.1. The molecule has 1 aromatic carbocycles. The third-order valence-electron chi connectivity index (χ3n) is 3.17. The Morgan fingerprint density at radius 3 is 2.81 bits per heavy atom. The van der Waals surface area contributed by atoms with Crippen LogP contribution in [0.2, 0.25) is 0 Å². The minimum atomic E-state index is -0.379. The number of benzene rings is 1. The van der Waals surface area contributed by atoms with E-state index in [0.29, 0.717) is 22.6 Å². The van der Waals surface area contributed by atoms with Gasteiger partial charge < -0.3 is 4.42 Å². The molecule has 0 aliphatic heterocycles. The van der Waals surface area contributed by atoms with Gasteiger partial charge in [0.15, 0.2) is 5.58 Å². The molecule has 0 radical (unpaired) electrons. The van der Waals surface area contributed by atoms with Crippen molar-refractivity contribution >= 4 is 44.1 Å². The highest BCUT2D eigenvalue weighted by Crippen LogP contribution is 2.25. The molecule has 0 fully saturated rings. The van der Waals surface area contributed by atoms with Crippen molar-refractivity contribution in [3.05, 3.63) is 55.1 Å². The second-order valence-corrected chi connectivity index (χ2v) is 7.10. The molecule has 6 heteroatoms. The zero-order valence-corrected chi connectivity index (χ0v) is 13.7. The molecular formula is C15H12BrNO3S. The molecule has 0 amide bonds. The Balaban J connectivity index is 2.06. The SMILES string of the molecule is CCCn1c(=O)oc2cc(C(=O)c3ccc(Br)s3)ccc21. The molecule has 0 saturated heterocycles. The predicted molar refractivity (Wildman–Crippen MR) is 86.2 cm³/mol. The van der Waals surface area contributed by atoms with Gasteiger partial charge in [-0.15, -0.1) is 11.3 Å². The fourth-order valence-corrected chi connectivity index (χ4v) is 3.57. The summed E-state index contributed by atoms with van der Waals surface area (Å²) in [6.45, 7) is 2.61. The molecule has 0 unspecified atom stereocenters. The number of ketones is 1. The van der Waals surface area contributed by atoms with E-state index in [9.17, 15) is 9.59 Å². The maximum atomic E-state index is 12.4. The maximum absolute atomic E-state index is 12.4. The van der Waals surface area contributed by atoms with Crippen molar-refractivity contribution in [2.45, 2.75) is 19.9 Å². The van der Waals surface area contributed by atoms with Gasteiger partial charge in [0, 0.05) is 12.1 Å². The summed E-state index contributed by atoms with van der Waals surface area (Å²) in [5.41, 5.74) is 1.70. The largest absolute Gasteiger partial charge is 0.419 e. The summed E-state index contributed by atoms with van der Waals surface area (Å²) in [7, 11) is 0. The van der Waals surface area contributed by atoms with E-state index < -0.39 is 0 Å². The minimum absolute atomic E-state index is 0.0708. The van der Waals surface area contributed by atoms with Gasteiger partial charge in [-0.2, -0.15) is 0 Å². The zero-order valence-electron chi connectivity index (χ0n) is 11.3. The topological polar surface area (TPSA) is 52.2 Å². The van der Waals surface area contributed by atoms with Crippen LogP contribution in [0.5, 0.6) is 0 Å². The highest BCUT2D eigenvalue weighted by Gasteiger charge is 2.15. The average molecular weight is 366 g/mol. The number of fused-ring (bicyclic) bond motifs is 1. The van der Waals surface area contributed by atoms with Crippen LogP contribution < -0.4 is 5.76 Å². The summed E-state index contributed by atoms with van der Waals surface area (Å²) in [5.74, 6) is -0.450. The van der Waals surface area contributed by atoms with Gasteiger partial charge in [-0.25, -0.2) is 4.79 Å². The van der Waals surface area contributed by atoms with Crippen LogP contribution in [-0.4, -0.2) is 10.4 Å². The highest BCUT2D eigenvalue weighted by molar-refractivity contribution is 9.11. The van der Waals surface area contributed by atoms with Gasteiger partial charge >= 0.3 is 5.76 Å². The quantitative estimate of drug-likeness (QED) is 0.655. The molecule has 0 N–H and O–H groups in total. The number of aryl methyl sites for hydroxylation is 1. The Kier molecular flexibility index (Phi) is 3.82. The van der Waals surface area contributed by atoms with Crippen molar-refractivity contribution < 1.29 is 9.21 Å². The lowest BCUT2D eigenvalue weighted by atomic mass is 10.1. The fourth-order valence-electron chi connectivity index (χ4n) is 2.22. The van der Waals surface area contributed by atoms with Crippen LogP contribution in [0, 0.1) is 0 Å². The first-order valence-corrected chi connectivity index (χ1v) is 8.14. The summed E-state index contributed by atoms with van der Waals surface area (Å²) in [6.07, 6.45) is 0.846. The molecule has 3 rings (SSSR count). The summed E-state index contributed by atoms with van der Waals surface area (Å²) in [5, 5.41) is 0. The molecule has 2 heterocycles. The molecule has 0 aliphatic carbocycles. The molecule has 2 aromatic heterocycles.